The molecule has 0 saturated heterocycles. The van der Waals surface area contributed by atoms with Gasteiger partial charge in [0.1, 0.15) is 5.00 Å². The molecule has 5 heteroatoms. The summed E-state index contributed by atoms with van der Waals surface area (Å²) in [6.07, 6.45) is 0.493. The monoisotopic (exact) mass is 213 g/mol. The van der Waals surface area contributed by atoms with Crippen LogP contribution >= 0.6 is 11.3 Å². The van der Waals surface area contributed by atoms with Gasteiger partial charge in [0.05, 0.1) is 10.7 Å². The summed E-state index contributed by atoms with van der Waals surface area (Å²) in [5, 5.41) is 7.62. The van der Waals surface area contributed by atoms with E-state index in [-0.39, 0.29) is 5.91 Å². The normalized spacial score (nSPS) is 10.2. The Morgan fingerprint density at radius 1 is 1.50 bits per heavy atom. The van der Waals surface area contributed by atoms with Crippen LogP contribution in [0.25, 0.3) is 0 Å². The van der Waals surface area contributed by atoms with E-state index in [0.29, 0.717) is 13.0 Å². The topological polar surface area (TPSA) is 54.0 Å². The van der Waals surface area contributed by atoms with Crippen LogP contribution in [0.3, 0.4) is 0 Å². The molecule has 1 aromatic rings. The Kier molecular flexibility index (Phi) is 4.03. The third-order valence-corrected chi connectivity index (χ3v) is 2.75. The van der Waals surface area contributed by atoms with E-state index in [2.05, 4.69) is 15.6 Å². The standard InChI is InChI=1S/C9H15N3OS/c1-6-9(14-7(2)11-6)12-8(13)4-5-10-3/h10H,4-5H2,1-3H3,(H,12,13). The van der Waals surface area contributed by atoms with Gasteiger partial charge in [-0.05, 0) is 20.9 Å². The average Bonchev–Trinajstić information content (AvgIpc) is 2.42. The fraction of sp³-hybridized carbons (Fsp3) is 0.556. The van der Waals surface area contributed by atoms with Crippen molar-refractivity contribution in [3.63, 3.8) is 0 Å². The number of nitrogens with one attached hydrogen (secondary N) is 2. The highest BCUT2D eigenvalue weighted by molar-refractivity contribution is 7.16. The van der Waals surface area contributed by atoms with Gasteiger partial charge in [0, 0.05) is 13.0 Å². The molecule has 0 aliphatic heterocycles. The smallest absolute Gasteiger partial charge is 0.226 e. The number of anilines is 1. The molecule has 2 N–H and O–H groups in total. The van der Waals surface area contributed by atoms with Crippen molar-refractivity contribution in [3.8, 4) is 0 Å². The highest BCUT2D eigenvalue weighted by atomic mass is 32.1. The number of hydrogen-bond donors (Lipinski definition) is 2. The Bertz CT molecular complexity index is 322. The van der Waals surface area contributed by atoms with Crippen molar-refractivity contribution in [2.24, 2.45) is 0 Å². The van der Waals surface area contributed by atoms with Crippen LogP contribution in [0.2, 0.25) is 0 Å². The summed E-state index contributed by atoms with van der Waals surface area (Å²) in [5.41, 5.74) is 0.894. The first-order valence-electron chi connectivity index (χ1n) is 4.52. The summed E-state index contributed by atoms with van der Waals surface area (Å²) in [5.74, 6) is 0.0334. The maximum Gasteiger partial charge on any atom is 0.226 e. The number of aryl methyl sites for hydroxylation is 2. The van der Waals surface area contributed by atoms with E-state index in [1.165, 1.54) is 11.3 Å². The molecule has 78 valence electrons. The SMILES string of the molecule is CNCCC(=O)Nc1sc(C)nc1C. The fourth-order valence-electron chi connectivity index (χ4n) is 1.07. The molecule has 0 bridgehead atoms. The minimum absolute atomic E-state index is 0.0334. The van der Waals surface area contributed by atoms with Crippen molar-refractivity contribution in [1.82, 2.24) is 10.3 Å². The van der Waals surface area contributed by atoms with Gasteiger partial charge in [0.2, 0.25) is 5.91 Å². The van der Waals surface area contributed by atoms with Gasteiger partial charge >= 0.3 is 0 Å². The summed E-state index contributed by atoms with van der Waals surface area (Å²) >= 11 is 1.51. The van der Waals surface area contributed by atoms with Crippen LogP contribution in [0.5, 0.6) is 0 Å². The molecule has 4 nitrogen and oxygen atoms in total. The molecule has 0 atom stereocenters. The summed E-state index contributed by atoms with van der Waals surface area (Å²) in [7, 11) is 1.83. The van der Waals surface area contributed by atoms with Gasteiger partial charge in [-0.1, -0.05) is 0 Å². The fourth-order valence-corrected chi connectivity index (χ4v) is 1.91. The lowest BCUT2D eigenvalue weighted by atomic mass is 10.4. The summed E-state index contributed by atoms with van der Waals surface area (Å²) < 4.78 is 0. The van der Waals surface area contributed by atoms with Crippen molar-refractivity contribution in [2.75, 3.05) is 18.9 Å². The van der Waals surface area contributed by atoms with Crippen LogP contribution in [-0.2, 0) is 4.79 Å². The summed E-state index contributed by atoms with van der Waals surface area (Å²) in [4.78, 5) is 15.6. The van der Waals surface area contributed by atoms with Gasteiger partial charge in [0.25, 0.3) is 0 Å². The van der Waals surface area contributed by atoms with E-state index < -0.39 is 0 Å². The first kappa shape index (κ1) is 11.1. The summed E-state index contributed by atoms with van der Waals surface area (Å²) in [6, 6.07) is 0. The second-order valence-corrected chi connectivity index (χ2v) is 4.25. The van der Waals surface area contributed by atoms with E-state index >= 15 is 0 Å². The largest absolute Gasteiger partial charge is 0.319 e. The molecule has 14 heavy (non-hydrogen) atoms. The zero-order valence-electron chi connectivity index (χ0n) is 8.68. The lowest BCUT2D eigenvalue weighted by molar-refractivity contribution is -0.116. The van der Waals surface area contributed by atoms with Crippen molar-refractivity contribution < 1.29 is 4.79 Å². The molecule has 0 fully saturated rings. The van der Waals surface area contributed by atoms with Gasteiger partial charge in [-0.3, -0.25) is 4.79 Å². The zero-order chi connectivity index (χ0) is 10.6. The minimum atomic E-state index is 0.0334. The van der Waals surface area contributed by atoms with Crippen LogP contribution in [0.1, 0.15) is 17.1 Å². The number of thiazole rings is 1. The van der Waals surface area contributed by atoms with E-state index in [0.717, 1.165) is 15.7 Å². The molecule has 0 saturated carbocycles. The Labute approximate surface area is 87.7 Å². The van der Waals surface area contributed by atoms with Crippen molar-refractivity contribution in [2.45, 2.75) is 20.3 Å². The van der Waals surface area contributed by atoms with Gasteiger partial charge in [-0.15, -0.1) is 11.3 Å². The second kappa shape index (κ2) is 5.07. The number of nitrogens with zero attached hydrogens (tertiary/aromatic N) is 1. The number of carbonyl (C=O) groups is 1. The molecule has 0 aliphatic rings. The predicted octanol–water partition coefficient (Wildman–Crippen LogP) is 1.31. The molecule has 0 radical (unpaired) electrons. The number of amides is 1. The average molecular weight is 213 g/mol. The third-order valence-electron chi connectivity index (χ3n) is 1.76. The highest BCUT2D eigenvalue weighted by Crippen LogP contribution is 2.22. The molecular formula is C9H15N3OS. The number of carbonyl (C=O) groups excluding carboxylic acids is 1. The van der Waals surface area contributed by atoms with E-state index in [9.17, 15) is 4.79 Å². The lowest BCUT2D eigenvalue weighted by Crippen LogP contribution is -2.18. The number of aromatic nitrogens is 1. The molecule has 0 spiro atoms. The Morgan fingerprint density at radius 3 is 2.71 bits per heavy atom. The van der Waals surface area contributed by atoms with E-state index in [4.69, 9.17) is 0 Å². The van der Waals surface area contributed by atoms with Gasteiger partial charge in [0.15, 0.2) is 0 Å². The molecule has 1 aromatic heterocycles. The van der Waals surface area contributed by atoms with Crippen LogP contribution < -0.4 is 10.6 Å². The third kappa shape index (κ3) is 3.08. The van der Waals surface area contributed by atoms with Gasteiger partial charge in [-0.2, -0.15) is 0 Å². The summed E-state index contributed by atoms with van der Waals surface area (Å²) in [6.45, 7) is 4.53. The van der Waals surface area contributed by atoms with Gasteiger partial charge < -0.3 is 10.6 Å². The van der Waals surface area contributed by atoms with Crippen LogP contribution in [0.15, 0.2) is 0 Å². The van der Waals surface area contributed by atoms with Gasteiger partial charge in [-0.25, -0.2) is 4.98 Å². The predicted molar refractivity (Wildman–Crippen MR) is 58.8 cm³/mol. The quantitative estimate of drug-likeness (QED) is 0.793. The van der Waals surface area contributed by atoms with Crippen LogP contribution in [0.4, 0.5) is 5.00 Å². The highest BCUT2D eigenvalue weighted by Gasteiger charge is 2.07. The molecule has 0 unspecified atom stereocenters. The maximum absolute atomic E-state index is 11.4. The molecule has 0 aliphatic carbocycles. The molecule has 0 aromatic carbocycles. The van der Waals surface area contributed by atoms with Crippen molar-refractivity contribution in [3.05, 3.63) is 10.7 Å². The molecule has 1 amide bonds. The van der Waals surface area contributed by atoms with E-state index in [1.807, 2.05) is 20.9 Å². The Hall–Kier alpha value is -0.940. The second-order valence-electron chi connectivity index (χ2n) is 3.05. The molecule has 1 rings (SSSR count). The van der Waals surface area contributed by atoms with Crippen LogP contribution in [-0.4, -0.2) is 24.5 Å². The lowest BCUT2D eigenvalue weighted by Gasteiger charge is -2.02. The van der Waals surface area contributed by atoms with Crippen molar-refractivity contribution in [1.29, 1.82) is 0 Å². The molecule has 1 heterocycles. The first-order valence-corrected chi connectivity index (χ1v) is 5.33. The minimum Gasteiger partial charge on any atom is -0.319 e. The number of hydrogen-bond acceptors (Lipinski definition) is 4. The number of rotatable bonds is 4. The first-order chi connectivity index (χ1) is 6.63. The molecular weight excluding hydrogens is 198 g/mol. The Balaban J connectivity index is 2.51. The zero-order valence-corrected chi connectivity index (χ0v) is 9.49. The van der Waals surface area contributed by atoms with Crippen LogP contribution in [0, 0.1) is 13.8 Å². The van der Waals surface area contributed by atoms with Crippen molar-refractivity contribution >= 4 is 22.2 Å². The van der Waals surface area contributed by atoms with E-state index in [1.54, 1.807) is 0 Å². The maximum atomic E-state index is 11.4. The Morgan fingerprint density at radius 2 is 2.21 bits per heavy atom.